The minimum atomic E-state index is -0.355. The van der Waals surface area contributed by atoms with E-state index in [1.54, 1.807) is 18.1 Å². The van der Waals surface area contributed by atoms with Crippen LogP contribution in [0.3, 0.4) is 0 Å². The first-order chi connectivity index (χ1) is 9.95. The highest BCUT2D eigenvalue weighted by atomic mass is 32.1. The minimum Gasteiger partial charge on any atom is -0.397 e. The van der Waals surface area contributed by atoms with Crippen molar-refractivity contribution in [1.29, 1.82) is 0 Å². The number of hydrogen-bond donors (Lipinski definition) is 1. The van der Waals surface area contributed by atoms with Gasteiger partial charge in [0.2, 0.25) is 0 Å². The van der Waals surface area contributed by atoms with E-state index < -0.39 is 0 Å². The topological polar surface area (TPSA) is 55.6 Å². The fraction of sp³-hybridized carbons (Fsp3) is 0.400. The average molecular weight is 310 g/mol. The van der Waals surface area contributed by atoms with E-state index in [1.165, 1.54) is 23.5 Å². The van der Waals surface area contributed by atoms with Gasteiger partial charge in [0.1, 0.15) is 10.7 Å². The van der Waals surface area contributed by atoms with E-state index in [9.17, 15) is 9.18 Å². The molecule has 0 bridgehead atoms. The number of carbonyl (C=O) groups is 1. The molecule has 0 saturated carbocycles. The van der Waals surface area contributed by atoms with Gasteiger partial charge >= 0.3 is 0 Å². The summed E-state index contributed by atoms with van der Waals surface area (Å²) in [6.07, 6.45) is 0. The largest absolute Gasteiger partial charge is 0.397 e. The first-order valence-corrected chi connectivity index (χ1v) is 7.54. The average Bonchev–Trinajstić information content (AvgIpc) is 2.76. The summed E-state index contributed by atoms with van der Waals surface area (Å²) >= 11 is 1.30. The summed E-state index contributed by atoms with van der Waals surface area (Å²) in [6, 6.07) is 4.43. The lowest BCUT2D eigenvalue weighted by Crippen LogP contribution is -2.39. The SMILES string of the molecule is COCCN(C(=O)c1sc2ccc(F)cc2c1N)C(C)C. The van der Waals surface area contributed by atoms with Crippen molar-refractivity contribution in [2.45, 2.75) is 19.9 Å². The van der Waals surface area contributed by atoms with Gasteiger partial charge in [-0.05, 0) is 32.0 Å². The summed E-state index contributed by atoms with van der Waals surface area (Å²) in [5, 5.41) is 0.596. The van der Waals surface area contributed by atoms with Crippen LogP contribution in [0.15, 0.2) is 18.2 Å². The zero-order chi connectivity index (χ0) is 15.6. The first kappa shape index (κ1) is 15.7. The van der Waals surface area contributed by atoms with E-state index in [-0.39, 0.29) is 17.8 Å². The molecule has 0 radical (unpaired) electrons. The summed E-state index contributed by atoms with van der Waals surface area (Å²) in [5.74, 6) is -0.493. The summed E-state index contributed by atoms with van der Waals surface area (Å²) in [4.78, 5) is 14.8. The number of amides is 1. The molecule has 114 valence electrons. The third-order valence-corrected chi connectivity index (χ3v) is 4.48. The van der Waals surface area contributed by atoms with Gasteiger partial charge in [0.15, 0.2) is 0 Å². The van der Waals surface area contributed by atoms with Crippen molar-refractivity contribution in [2.75, 3.05) is 26.0 Å². The van der Waals surface area contributed by atoms with Crippen molar-refractivity contribution >= 4 is 33.0 Å². The fourth-order valence-corrected chi connectivity index (χ4v) is 3.22. The van der Waals surface area contributed by atoms with Crippen molar-refractivity contribution < 1.29 is 13.9 Å². The van der Waals surface area contributed by atoms with Gasteiger partial charge in [-0.15, -0.1) is 11.3 Å². The highest BCUT2D eigenvalue weighted by Crippen LogP contribution is 2.35. The van der Waals surface area contributed by atoms with Gasteiger partial charge in [-0.1, -0.05) is 0 Å². The molecule has 1 aromatic carbocycles. The molecule has 0 aliphatic carbocycles. The highest BCUT2D eigenvalue weighted by Gasteiger charge is 2.24. The number of nitrogens with zero attached hydrogens (tertiary/aromatic N) is 1. The van der Waals surface area contributed by atoms with Gasteiger partial charge in [-0.3, -0.25) is 4.79 Å². The molecule has 1 aromatic heterocycles. The number of methoxy groups -OCH3 is 1. The Hall–Kier alpha value is -1.66. The number of fused-ring (bicyclic) bond motifs is 1. The summed E-state index contributed by atoms with van der Waals surface area (Å²) < 4.78 is 19.2. The predicted octanol–water partition coefficient (Wildman–Crippen LogP) is 3.12. The molecule has 21 heavy (non-hydrogen) atoms. The maximum Gasteiger partial charge on any atom is 0.266 e. The molecule has 0 fully saturated rings. The maximum absolute atomic E-state index is 13.3. The molecule has 0 spiro atoms. The molecule has 0 aliphatic heterocycles. The van der Waals surface area contributed by atoms with Gasteiger partial charge in [0.25, 0.3) is 5.91 Å². The van der Waals surface area contributed by atoms with Crippen LogP contribution in [-0.4, -0.2) is 37.1 Å². The second-order valence-electron chi connectivity index (χ2n) is 5.07. The lowest BCUT2D eigenvalue weighted by molar-refractivity contribution is 0.0641. The number of benzene rings is 1. The highest BCUT2D eigenvalue weighted by molar-refractivity contribution is 7.21. The van der Waals surface area contributed by atoms with Crippen molar-refractivity contribution in [3.05, 3.63) is 28.9 Å². The normalized spacial score (nSPS) is 11.3. The predicted molar refractivity (Wildman–Crippen MR) is 84.2 cm³/mol. The monoisotopic (exact) mass is 310 g/mol. The Labute approximate surface area is 127 Å². The first-order valence-electron chi connectivity index (χ1n) is 6.73. The molecule has 1 heterocycles. The van der Waals surface area contributed by atoms with Gasteiger partial charge in [0.05, 0.1) is 12.3 Å². The third-order valence-electron chi connectivity index (χ3n) is 3.30. The second-order valence-corrected chi connectivity index (χ2v) is 6.12. The van der Waals surface area contributed by atoms with Crippen LogP contribution in [0.4, 0.5) is 10.1 Å². The number of nitrogen functional groups attached to an aromatic ring is 1. The van der Waals surface area contributed by atoms with Crippen LogP contribution in [0.5, 0.6) is 0 Å². The number of ether oxygens (including phenoxy) is 1. The van der Waals surface area contributed by atoms with Crippen molar-refractivity contribution in [1.82, 2.24) is 4.90 Å². The number of anilines is 1. The Kier molecular flexibility index (Phi) is 4.80. The van der Waals surface area contributed by atoms with Crippen molar-refractivity contribution in [2.24, 2.45) is 0 Å². The molecule has 2 aromatic rings. The molecule has 4 nitrogen and oxygen atoms in total. The molecule has 0 atom stereocenters. The van der Waals surface area contributed by atoms with Crippen molar-refractivity contribution in [3.8, 4) is 0 Å². The van der Waals surface area contributed by atoms with E-state index in [0.717, 1.165) is 4.70 Å². The molecule has 1 amide bonds. The quantitative estimate of drug-likeness (QED) is 0.923. The van der Waals surface area contributed by atoms with Crippen LogP contribution in [0.1, 0.15) is 23.5 Å². The number of carbonyl (C=O) groups excluding carboxylic acids is 1. The summed E-state index contributed by atoms with van der Waals surface area (Å²) in [6.45, 7) is 4.84. The lowest BCUT2D eigenvalue weighted by Gasteiger charge is -2.26. The van der Waals surface area contributed by atoms with Crippen LogP contribution in [0, 0.1) is 5.82 Å². The van der Waals surface area contributed by atoms with E-state index in [4.69, 9.17) is 10.5 Å². The number of nitrogens with two attached hydrogens (primary N) is 1. The van der Waals surface area contributed by atoms with Crippen LogP contribution >= 0.6 is 11.3 Å². The van der Waals surface area contributed by atoms with Crippen LogP contribution in [0.2, 0.25) is 0 Å². The maximum atomic E-state index is 13.3. The molecule has 6 heteroatoms. The zero-order valence-corrected chi connectivity index (χ0v) is 13.2. The van der Waals surface area contributed by atoms with Gasteiger partial charge in [-0.2, -0.15) is 0 Å². The van der Waals surface area contributed by atoms with Crippen molar-refractivity contribution in [3.63, 3.8) is 0 Å². The standard InChI is InChI=1S/C15H19FN2O2S/c1-9(2)18(6-7-20-3)15(19)14-13(17)11-8-10(16)4-5-12(11)21-14/h4-5,8-9H,6-7,17H2,1-3H3. The minimum absolute atomic E-state index is 0.0361. The summed E-state index contributed by atoms with van der Waals surface area (Å²) in [7, 11) is 1.60. The number of hydrogen-bond acceptors (Lipinski definition) is 4. The number of halogens is 1. The van der Waals surface area contributed by atoms with E-state index in [2.05, 4.69) is 0 Å². The van der Waals surface area contributed by atoms with Crippen LogP contribution in [-0.2, 0) is 4.74 Å². The van der Waals surface area contributed by atoms with E-state index in [0.29, 0.717) is 29.1 Å². The third kappa shape index (κ3) is 3.16. The van der Waals surface area contributed by atoms with Gasteiger partial charge in [-0.25, -0.2) is 4.39 Å². The fourth-order valence-electron chi connectivity index (χ4n) is 2.16. The molecular weight excluding hydrogens is 291 g/mol. The lowest BCUT2D eigenvalue weighted by atomic mass is 10.2. The van der Waals surface area contributed by atoms with E-state index in [1.807, 2.05) is 13.8 Å². The number of rotatable bonds is 5. The molecular formula is C15H19FN2O2S. The second kappa shape index (κ2) is 6.41. The van der Waals surface area contributed by atoms with Crippen LogP contribution in [0.25, 0.3) is 10.1 Å². The van der Waals surface area contributed by atoms with Crippen LogP contribution < -0.4 is 5.73 Å². The Morgan fingerprint density at radius 3 is 2.81 bits per heavy atom. The molecule has 0 unspecified atom stereocenters. The zero-order valence-electron chi connectivity index (χ0n) is 12.4. The Morgan fingerprint density at radius 1 is 1.48 bits per heavy atom. The molecule has 0 saturated heterocycles. The van der Waals surface area contributed by atoms with Gasteiger partial charge < -0.3 is 15.4 Å². The molecule has 2 rings (SSSR count). The number of thiophene rings is 1. The smallest absolute Gasteiger partial charge is 0.266 e. The molecule has 2 N–H and O–H groups in total. The Balaban J connectivity index is 2.39. The van der Waals surface area contributed by atoms with Gasteiger partial charge in [0, 0.05) is 29.8 Å². The summed E-state index contributed by atoms with van der Waals surface area (Å²) in [5.41, 5.74) is 6.39. The Morgan fingerprint density at radius 2 is 2.19 bits per heavy atom. The molecule has 0 aliphatic rings. The Bertz CT molecular complexity index is 654. The van der Waals surface area contributed by atoms with E-state index >= 15 is 0 Å².